The molecule has 0 bridgehead atoms. The molecule has 0 aliphatic heterocycles. The molecule has 3 atom stereocenters. The Bertz CT molecular complexity index is 717. The van der Waals surface area contributed by atoms with E-state index in [1.807, 2.05) is 45.9 Å². The first kappa shape index (κ1) is 20.8. The zero-order valence-corrected chi connectivity index (χ0v) is 17.5. The monoisotopic (exact) mass is 373 g/mol. The number of ether oxygens (including phenoxy) is 1. The molecule has 0 radical (unpaired) electrons. The van der Waals surface area contributed by atoms with E-state index in [9.17, 15) is 4.21 Å². The summed E-state index contributed by atoms with van der Waals surface area (Å²) in [5.74, 6) is 0. The lowest BCUT2D eigenvalue weighted by Crippen LogP contribution is -2.40. The number of aryl methyl sites for hydroxylation is 2. The van der Waals surface area contributed by atoms with Gasteiger partial charge in [-0.25, -0.2) is 8.93 Å². The molecule has 4 heteroatoms. The number of hydrogen-bond donors (Lipinski definition) is 1. The summed E-state index contributed by atoms with van der Waals surface area (Å²) >= 11 is 0. The van der Waals surface area contributed by atoms with Crippen molar-refractivity contribution in [2.75, 3.05) is 0 Å². The fourth-order valence-electron chi connectivity index (χ4n) is 2.90. The predicted molar refractivity (Wildman–Crippen MR) is 110 cm³/mol. The van der Waals surface area contributed by atoms with E-state index in [-0.39, 0.29) is 16.9 Å². The van der Waals surface area contributed by atoms with Gasteiger partial charge in [0.1, 0.15) is 0 Å². The van der Waals surface area contributed by atoms with Gasteiger partial charge < -0.3 is 4.74 Å². The molecule has 0 saturated heterocycles. The Kier molecular flexibility index (Phi) is 7.16. The van der Waals surface area contributed by atoms with Gasteiger partial charge in [-0.05, 0) is 63.8 Å². The topological polar surface area (TPSA) is 38.3 Å². The van der Waals surface area contributed by atoms with Crippen LogP contribution in [0.15, 0.2) is 48.5 Å². The molecule has 0 aliphatic carbocycles. The minimum Gasteiger partial charge on any atom is -0.372 e. The first-order chi connectivity index (χ1) is 12.2. The minimum absolute atomic E-state index is 0.124. The molecule has 26 heavy (non-hydrogen) atoms. The smallest absolute Gasteiger partial charge is 0.0976 e. The SMILES string of the molecule is Cc1cccc(C)c1[C@@H](N[S@](=O)C(C)(C)C)[C@H](C)OCc1ccccc1. The molecule has 0 heterocycles. The second-order valence-electron chi connectivity index (χ2n) is 7.78. The third-order valence-electron chi connectivity index (χ3n) is 4.47. The molecule has 0 saturated carbocycles. The highest BCUT2D eigenvalue weighted by Crippen LogP contribution is 2.28. The maximum Gasteiger partial charge on any atom is 0.0976 e. The molecule has 0 fully saturated rings. The molecule has 1 N–H and O–H groups in total. The lowest BCUT2D eigenvalue weighted by atomic mass is 9.94. The molecular formula is C22H31NO2S. The molecule has 0 unspecified atom stereocenters. The Hall–Kier alpha value is -1.49. The van der Waals surface area contributed by atoms with Crippen molar-refractivity contribution in [3.05, 3.63) is 70.8 Å². The first-order valence-electron chi connectivity index (χ1n) is 9.10. The van der Waals surface area contributed by atoms with Gasteiger partial charge in [0.05, 0.1) is 34.5 Å². The summed E-state index contributed by atoms with van der Waals surface area (Å²) in [6.07, 6.45) is -0.124. The Morgan fingerprint density at radius 2 is 1.58 bits per heavy atom. The van der Waals surface area contributed by atoms with Crippen molar-refractivity contribution in [2.45, 2.75) is 65.0 Å². The third kappa shape index (κ3) is 5.50. The maximum absolute atomic E-state index is 12.8. The lowest BCUT2D eigenvalue weighted by Gasteiger charge is -2.31. The van der Waals surface area contributed by atoms with E-state index in [1.54, 1.807) is 0 Å². The summed E-state index contributed by atoms with van der Waals surface area (Å²) in [5, 5.41) is 0. The van der Waals surface area contributed by atoms with E-state index >= 15 is 0 Å². The first-order valence-corrected chi connectivity index (χ1v) is 10.2. The highest BCUT2D eigenvalue weighted by Gasteiger charge is 2.29. The highest BCUT2D eigenvalue weighted by molar-refractivity contribution is 7.84. The molecule has 0 amide bonds. The van der Waals surface area contributed by atoms with Crippen LogP contribution in [0.1, 0.15) is 56.0 Å². The van der Waals surface area contributed by atoms with Gasteiger partial charge in [-0.2, -0.15) is 0 Å². The normalized spacial score (nSPS) is 15.5. The van der Waals surface area contributed by atoms with Gasteiger partial charge in [-0.1, -0.05) is 48.5 Å². The van der Waals surface area contributed by atoms with Gasteiger partial charge in [0, 0.05) is 0 Å². The molecule has 3 nitrogen and oxygen atoms in total. The summed E-state index contributed by atoms with van der Waals surface area (Å²) in [7, 11) is -1.18. The number of hydrogen-bond acceptors (Lipinski definition) is 2. The maximum atomic E-state index is 12.8. The van der Waals surface area contributed by atoms with Crippen molar-refractivity contribution in [1.29, 1.82) is 0 Å². The van der Waals surface area contributed by atoms with E-state index < -0.39 is 11.0 Å². The van der Waals surface area contributed by atoms with E-state index in [0.717, 1.165) is 5.56 Å². The quantitative estimate of drug-likeness (QED) is 0.741. The van der Waals surface area contributed by atoms with Crippen molar-refractivity contribution in [1.82, 2.24) is 4.72 Å². The van der Waals surface area contributed by atoms with Crippen LogP contribution in [0.2, 0.25) is 0 Å². The van der Waals surface area contributed by atoms with Crippen LogP contribution in [-0.4, -0.2) is 15.1 Å². The summed E-state index contributed by atoms with van der Waals surface area (Å²) in [4.78, 5) is 0. The summed E-state index contributed by atoms with van der Waals surface area (Å²) in [6.45, 7) is 12.7. The average molecular weight is 374 g/mol. The van der Waals surface area contributed by atoms with Gasteiger partial charge in [-0.15, -0.1) is 0 Å². The third-order valence-corrected chi connectivity index (χ3v) is 6.05. The fourth-order valence-corrected chi connectivity index (χ4v) is 3.79. The van der Waals surface area contributed by atoms with E-state index in [4.69, 9.17) is 4.74 Å². The van der Waals surface area contributed by atoms with Crippen molar-refractivity contribution in [3.63, 3.8) is 0 Å². The summed E-state index contributed by atoms with van der Waals surface area (Å²) in [6, 6.07) is 16.3. The molecular weight excluding hydrogens is 342 g/mol. The zero-order chi connectivity index (χ0) is 19.3. The van der Waals surface area contributed by atoms with Crippen LogP contribution >= 0.6 is 0 Å². The second kappa shape index (κ2) is 8.94. The molecule has 142 valence electrons. The number of benzene rings is 2. The van der Waals surface area contributed by atoms with Crippen molar-refractivity contribution >= 4 is 11.0 Å². The van der Waals surface area contributed by atoms with Crippen molar-refractivity contribution in [2.24, 2.45) is 0 Å². The van der Waals surface area contributed by atoms with Gasteiger partial charge in [0.15, 0.2) is 0 Å². The van der Waals surface area contributed by atoms with Crippen LogP contribution < -0.4 is 4.72 Å². The zero-order valence-electron chi connectivity index (χ0n) is 16.7. The Labute approximate surface area is 160 Å². The van der Waals surface area contributed by atoms with Crippen molar-refractivity contribution in [3.8, 4) is 0 Å². The van der Waals surface area contributed by atoms with Crippen LogP contribution in [-0.2, 0) is 22.3 Å². The van der Waals surface area contributed by atoms with Crippen LogP contribution in [0.4, 0.5) is 0 Å². The fraction of sp³-hybridized carbons (Fsp3) is 0.455. The van der Waals surface area contributed by atoms with Gasteiger partial charge in [0.25, 0.3) is 0 Å². The van der Waals surface area contributed by atoms with Crippen LogP contribution in [0, 0.1) is 13.8 Å². The number of rotatable bonds is 7. The Morgan fingerprint density at radius 3 is 2.12 bits per heavy atom. The minimum atomic E-state index is -1.18. The molecule has 2 aromatic carbocycles. The van der Waals surface area contributed by atoms with E-state index in [0.29, 0.717) is 6.61 Å². The largest absolute Gasteiger partial charge is 0.372 e. The number of nitrogens with one attached hydrogen (secondary N) is 1. The Morgan fingerprint density at radius 1 is 1.00 bits per heavy atom. The average Bonchev–Trinajstić information content (AvgIpc) is 2.58. The van der Waals surface area contributed by atoms with Gasteiger partial charge in [-0.3, -0.25) is 0 Å². The molecule has 2 aromatic rings. The van der Waals surface area contributed by atoms with Crippen LogP contribution in [0.5, 0.6) is 0 Å². The summed E-state index contributed by atoms with van der Waals surface area (Å²) in [5.41, 5.74) is 4.68. The van der Waals surface area contributed by atoms with Crippen LogP contribution in [0.3, 0.4) is 0 Å². The standard InChI is InChI=1S/C22H31NO2S/c1-16-11-10-12-17(2)20(16)21(23-26(24)22(4,5)6)18(3)25-15-19-13-8-7-9-14-19/h7-14,18,21,23H,15H2,1-6H3/t18-,21-,26+/m0/s1. The molecule has 0 spiro atoms. The second-order valence-corrected chi connectivity index (χ2v) is 9.78. The molecule has 0 aromatic heterocycles. The Balaban J connectivity index is 2.26. The van der Waals surface area contributed by atoms with Crippen molar-refractivity contribution < 1.29 is 8.95 Å². The van der Waals surface area contributed by atoms with Crippen LogP contribution in [0.25, 0.3) is 0 Å². The van der Waals surface area contributed by atoms with Gasteiger partial charge >= 0.3 is 0 Å². The molecule has 0 aliphatic rings. The van der Waals surface area contributed by atoms with E-state index in [1.165, 1.54) is 16.7 Å². The van der Waals surface area contributed by atoms with Gasteiger partial charge in [0.2, 0.25) is 0 Å². The summed E-state index contributed by atoms with van der Waals surface area (Å²) < 4.78 is 22.0. The molecule has 2 rings (SSSR count). The van der Waals surface area contributed by atoms with E-state index in [2.05, 4.69) is 48.9 Å². The highest BCUT2D eigenvalue weighted by atomic mass is 32.2. The predicted octanol–water partition coefficient (Wildman–Crippen LogP) is 5.00. The lowest BCUT2D eigenvalue weighted by molar-refractivity contribution is 0.0318.